The lowest BCUT2D eigenvalue weighted by atomic mass is 9.54. The summed E-state index contributed by atoms with van der Waals surface area (Å²) in [6.07, 6.45) is 9.75. The lowest BCUT2D eigenvalue weighted by molar-refractivity contribution is -0.140. The molecule has 8 heteroatoms. The van der Waals surface area contributed by atoms with Crippen molar-refractivity contribution in [3.05, 3.63) is 11.8 Å². The molecule has 2 amide bonds. The molecule has 0 atom stereocenters. The van der Waals surface area contributed by atoms with Crippen LogP contribution in [0.2, 0.25) is 0 Å². The van der Waals surface area contributed by atoms with Crippen LogP contribution in [0.15, 0.2) is 6.20 Å². The number of aromatic nitrogens is 2. The maximum atomic E-state index is 13.6. The summed E-state index contributed by atoms with van der Waals surface area (Å²) in [4.78, 5) is 28.9. The second-order valence-corrected chi connectivity index (χ2v) is 13.3. The van der Waals surface area contributed by atoms with Gasteiger partial charge in [-0.1, -0.05) is 27.7 Å². The number of rotatable bonds is 9. The van der Waals surface area contributed by atoms with Gasteiger partial charge in [0.05, 0.1) is 12.8 Å². The van der Waals surface area contributed by atoms with E-state index in [0.717, 1.165) is 44.4 Å². The zero-order chi connectivity index (χ0) is 26.2. The summed E-state index contributed by atoms with van der Waals surface area (Å²) in [5.74, 6) is 3.99. The van der Waals surface area contributed by atoms with Gasteiger partial charge in [-0.25, -0.2) is 4.68 Å². The quantitative estimate of drug-likeness (QED) is 0.526. The molecule has 2 heterocycles. The first-order valence-corrected chi connectivity index (χ1v) is 14.7. The van der Waals surface area contributed by atoms with E-state index in [4.69, 9.17) is 4.74 Å². The van der Waals surface area contributed by atoms with Crippen LogP contribution in [-0.2, 0) is 11.3 Å². The Hall–Kier alpha value is -2.09. The second-order valence-electron chi connectivity index (χ2n) is 13.3. The molecule has 0 radical (unpaired) electrons. The number of aryl methyl sites for hydroxylation is 1. The van der Waals surface area contributed by atoms with Crippen LogP contribution < -0.4 is 15.4 Å². The number of hydrogen-bond donors (Lipinski definition) is 2. The molecule has 0 unspecified atom stereocenters. The number of carbonyl (C=O) groups is 2. The molecule has 5 fully saturated rings. The van der Waals surface area contributed by atoms with E-state index in [2.05, 4.69) is 29.6 Å². The first-order chi connectivity index (χ1) is 17.7. The fourth-order valence-corrected chi connectivity index (χ4v) is 7.45. The Balaban J connectivity index is 1.27. The van der Waals surface area contributed by atoms with Crippen LogP contribution in [0.3, 0.4) is 0 Å². The Bertz CT molecular complexity index is 935. The van der Waals surface area contributed by atoms with E-state index < -0.39 is 5.41 Å². The van der Waals surface area contributed by atoms with Gasteiger partial charge in [-0.15, -0.1) is 0 Å². The lowest BCUT2D eigenvalue weighted by Gasteiger charge is -2.54. The Morgan fingerprint density at radius 1 is 1.11 bits per heavy atom. The average Bonchev–Trinajstić information content (AvgIpc) is 3.06. The lowest BCUT2D eigenvalue weighted by Crippen LogP contribution is -2.55. The smallest absolute Gasteiger partial charge is 0.258 e. The van der Waals surface area contributed by atoms with E-state index in [1.54, 1.807) is 10.9 Å². The molecule has 4 bridgehead atoms. The molecule has 5 aliphatic rings. The molecule has 37 heavy (non-hydrogen) atoms. The van der Waals surface area contributed by atoms with Crippen molar-refractivity contribution in [2.24, 2.45) is 35.0 Å². The molecule has 4 saturated carbocycles. The van der Waals surface area contributed by atoms with Crippen LogP contribution in [0, 0.1) is 35.0 Å². The van der Waals surface area contributed by atoms with Crippen molar-refractivity contribution in [3.8, 4) is 5.88 Å². The first kappa shape index (κ1) is 26.5. The molecule has 2 N–H and O–H groups in total. The summed E-state index contributed by atoms with van der Waals surface area (Å²) in [6, 6.07) is 0.279. The zero-order valence-corrected chi connectivity index (χ0v) is 23.3. The van der Waals surface area contributed by atoms with Crippen LogP contribution in [0.5, 0.6) is 5.88 Å². The minimum atomic E-state index is -0.519. The third-order valence-electron chi connectivity index (χ3n) is 9.27. The maximum Gasteiger partial charge on any atom is 0.258 e. The molecule has 4 aliphatic carbocycles. The topological polar surface area (TPSA) is 88.5 Å². The Kier molecular flexibility index (Phi) is 7.85. The fraction of sp³-hybridized carbons (Fsp3) is 0.828. The molecule has 8 nitrogen and oxygen atoms in total. The van der Waals surface area contributed by atoms with Crippen molar-refractivity contribution >= 4 is 11.8 Å². The summed E-state index contributed by atoms with van der Waals surface area (Å²) in [7, 11) is 0. The van der Waals surface area contributed by atoms with E-state index in [-0.39, 0.29) is 17.9 Å². The molecular formula is C29H47N5O3. The van der Waals surface area contributed by atoms with Crippen LogP contribution in [0.25, 0.3) is 0 Å². The van der Waals surface area contributed by atoms with Gasteiger partial charge in [0, 0.05) is 37.6 Å². The highest BCUT2D eigenvalue weighted by Gasteiger charge is 2.48. The highest BCUT2D eigenvalue weighted by molar-refractivity contribution is 5.96. The number of ether oxygens (including phenoxy) is 1. The van der Waals surface area contributed by atoms with Gasteiger partial charge < -0.3 is 20.3 Å². The van der Waals surface area contributed by atoms with Gasteiger partial charge in [-0.05, 0) is 81.1 Å². The number of hydrogen-bond acceptors (Lipinski definition) is 5. The largest absolute Gasteiger partial charge is 0.477 e. The normalized spacial score (nSPS) is 29.4. The highest BCUT2D eigenvalue weighted by Crippen LogP contribution is 2.53. The summed E-state index contributed by atoms with van der Waals surface area (Å²) in [6.45, 7) is 12.7. The second kappa shape index (κ2) is 11.0. The van der Waals surface area contributed by atoms with Crippen LogP contribution in [0.4, 0.5) is 0 Å². The fourth-order valence-electron chi connectivity index (χ4n) is 7.45. The Morgan fingerprint density at radius 2 is 1.81 bits per heavy atom. The van der Waals surface area contributed by atoms with E-state index in [1.165, 1.54) is 32.1 Å². The third kappa shape index (κ3) is 5.84. The van der Waals surface area contributed by atoms with Gasteiger partial charge in [0.15, 0.2) is 0 Å². The van der Waals surface area contributed by atoms with Crippen molar-refractivity contribution < 1.29 is 14.3 Å². The van der Waals surface area contributed by atoms with Gasteiger partial charge in [-0.2, -0.15) is 5.10 Å². The predicted octanol–water partition coefficient (Wildman–Crippen LogP) is 3.71. The van der Waals surface area contributed by atoms with Crippen molar-refractivity contribution in [2.45, 2.75) is 85.2 Å². The minimum Gasteiger partial charge on any atom is -0.477 e. The molecule has 1 aromatic heterocycles. The SMILES string of the molecule is CC(C)COc1c(C(=O)NC2C3CC4CC(C3)CC2C4)cnn1CCC(C)(C)C(=O)N1CCCNCC1. The summed E-state index contributed by atoms with van der Waals surface area (Å²) >= 11 is 0. The van der Waals surface area contributed by atoms with Crippen LogP contribution in [-0.4, -0.2) is 65.3 Å². The van der Waals surface area contributed by atoms with Gasteiger partial charge in [0.25, 0.3) is 5.91 Å². The average molecular weight is 514 g/mol. The summed E-state index contributed by atoms with van der Waals surface area (Å²) in [5.41, 5.74) is 0.00574. The molecule has 0 spiro atoms. The van der Waals surface area contributed by atoms with Crippen LogP contribution >= 0.6 is 0 Å². The van der Waals surface area contributed by atoms with Gasteiger partial charge in [0.1, 0.15) is 5.56 Å². The predicted molar refractivity (Wildman–Crippen MR) is 143 cm³/mol. The van der Waals surface area contributed by atoms with E-state index in [1.807, 2.05) is 18.7 Å². The van der Waals surface area contributed by atoms with Gasteiger partial charge >= 0.3 is 0 Å². The molecule has 1 saturated heterocycles. The van der Waals surface area contributed by atoms with Crippen molar-refractivity contribution in [1.29, 1.82) is 0 Å². The standard InChI is InChI=1S/C29H47N5O3/c1-19(2)18-37-27-24(26(35)32-25-22-13-20-12-21(15-22)16-23(25)14-20)17-31-34(27)10-6-29(3,4)28(36)33-9-5-7-30-8-11-33/h17,19-23,25,30H,5-16,18H2,1-4H3,(H,32,35). The zero-order valence-electron chi connectivity index (χ0n) is 23.3. The molecule has 0 aromatic carbocycles. The first-order valence-electron chi connectivity index (χ1n) is 14.7. The van der Waals surface area contributed by atoms with E-state index in [9.17, 15) is 9.59 Å². The van der Waals surface area contributed by atoms with Crippen molar-refractivity contribution in [1.82, 2.24) is 25.3 Å². The van der Waals surface area contributed by atoms with Gasteiger partial charge in [0.2, 0.25) is 11.8 Å². The van der Waals surface area contributed by atoms with Crippen LogP contribution in [0.1, 0.15) is 83.0 Å². The van der Waals surface area contributed by atoms with E-state index in [0.29, 0.717) is 48.8 Å². The monoisotopic (exact) mass is 513 g/mol. The molecule has 1 aromatic rings. The minimum absolute atomic E-state index is 0.0603. The maximum absolute atomic E-state index is 13.6. The number of nitrogens with one attached hydrogen (secondary N) is 2. The Labute approximate surface area is 222 Å². The van der Waals surface area contributed by atoms with Gasteiger partial charge in [-0.3, -0.25) is 9.59 Å². The van der Waals surface area contributed by atoms with E-state index >= 15 is 0 Å². The summed E-state index contributed by atoms with van der Waals surface area (Å²) in [5, 5.41) is 11.4. The van der Waals surface area contributed by atoms with Crippen molar-refractivity contribution in [3.63, 3.8) is 0 Å². The molecule has 6 rings (SSSR count). The third-order valence-corrected chi connectivity index (χ3v) is 9.27. The number of amides is 2. The highest BCUT2D eigenvalue weighted by atomic mass is 16.5. The summed E-state index contributed by atoms with van der Waals surface area (Å²) < 4.78 is 7.99. The molecule has 1 aliphatic heterocycles. The Morgan fingerprint density at radius 3 is 2.49 bits per heavy atom. The molecular weight excluding hydrogens is 466 g/mol. The molecule has 206 valence electrons. The number of carbonyl (C=O) groups excluding carboxylic acids is 2. The van der Waals surface area contributed by atoms with Crippen molar-refractivity contribution in [2.75, 3.05) is 32.8 Å². The number of nitrogens with zero attached hydrogens (tertiary/aromatic N) is 3.